The van der Waals surface area contributed by atoms with Crippen molar-refractivity contribution in [2.24, 2.45) is 10.9 Å². The van der Waals surface area contributed by atoms with Crippen LogP contribution < -0.4 is 15.4 Å². The Kier molecular flexibility index (Phi) is 8.56. The zero-order chi connectivity index (χ0) is 21.2. The van der Waals surface area contributed by atoms with E-state index in [1.54, 1.807) is 0 Å². The molecule has 3 rings (SSSR count). The van der Waals surface area contributed by atoms with Crippen molar-refractivity contribution < 1.29 is 9.47 Å². The van der Waals surface area contributed by atoms with Gasteiger partial charge >= 0.3 is 0 Å². The molecule has 3 N–H and O–H groups in total. The quantitative estimate of drug-likeness (QED) is 0.317. The lowest BCUT2D eigenvalue weighted by atomic mass is 10.1. The first kappa shape index (κ1) is 22.2. The highest BCUT2D eigenvalue weighted by Crippen LogP contribution is 2.23. The number of benzene rings is 1. The summed E-state index contributed by atoms with van der Waals surface area (Å²) in [6.07, 6.45) is 5.00. The fraction of sp³-hybridized carbons (Fsp3) is 0.565. The number of aryl methyl sites for hydroxylation is 3. The molecule has 2 aromatic rings. The minimum absolute atomic E-state index is 0.486. The number of nitrogens with one attached hydrogen (secondary N) is 3. The lowest BCUT2D eigenvalue weighted by molar-refractivity contribution is 0.166. The zero-order valence-corrected chi connectivity index (χ0v) is 18.5. The second-order valence-corrected chi connectivity index (χ2v) is 7.90. The van der Waals surface area contributed by atoms with Gasteiger partial charge in [0.2, 0.25) is 0 Å². The molecule has 1 atom stereocenters. The highest BCUT2D eigenvalue weighted by Gasteiger charge is 2.17. The van der Waals surface area contributed by atoms with Gasteiger partial charge in [0.05, 0.1) is 26.0 Å². The van der Waals surface area contributed by atoms with Crippen LogP contribution in [0, 0.1) is 19.8 Å². The highest BCUT2D eigenvalue weighted by atomic mass is 16.5. The molecule has 0 aliphatic carbocycles. The normalized spacial score (nSPS) is 16.6. The Morgan fingerprint density at radius 3 is 2.93 bits per heavy atom. The van der Waals surface area contributed by atoms with E-state index in [1.165, 1.54) is 11.1 Å². The minimum Gasteiger partial charge on any atom is -0.493 e. The minimum atomic E-state index is 0.486. The number of aromatic amines is 1. The molecule has 0 radical (unpaired) electrons. The summed E-state index contributed by atoms with van der Waals surface area (Å²) in [7, 11) is 0. The maximum absolute atomic E-state index is 6.15. The zero-order valence-electron chi connectivity index (χ0n) is 18.5. The fourth-order valence-corrected chi connectivity index (χ4v) is 3.47. The number of guanidine groups is 1. The van der Waals surface area contributed by atoms with Crippen LogP contribution >= 0.6 is 0 Å². The molecule has 30 heavy (non-hydrogen) atoms. The number of ether oxygens (including phenoxy) is 2. The Bertz CT molecular complexity index is 812. The fourth-order valence-electron chi connectivity index (χ4n) is 3.47. The SMILES string of the molecule is CCNC(=NCc1ccc(C)cc1OCC1CCOC1)NCCCc1cn[nH]c1C. The number of H-pyrrole nitrogens is 1. The summed E-state index contributed by atoms with van der Waals surface area (Å²) in [4.78, 5) is 4.78. The van der Waals surface area contributed by atoms with Crippen molar-refractivity contribution >= 4 is 5.96 Å². The number of rotatable bonds is 10. The van der Waals surface area contributed by atoms with E-state index in [4.69, 9.17) is 14.5 Å². The van der Waals surface area contributed by atoms with Crippen LogP contribution in [-0.4, -0.2) is 49.1 Å². The molecule has 2 heterocycles. The van der Waals surface area contributed by atoms with Gasteiger partial charge in [0, 0.05) is 36.9 Å². The van der Waals surface area contributed by atoms with Crippen LogP contribution in [0.25, 0.3) is 0 Å². The Morgan fingerprint density at radius 1 is 1.30 bits per heavy atom. The van der Waals surface area contributed by atoms with Gasteiger partial charge < -0.3 is 20.1 Å². The number of hydrogen-bond donors (Lipinski definition) is 3. The van der Waals surface area contributed by atoms with E-state index in [0.29, 0.717) is 19.1 Å². The van der Waals surface area contributed by atoms with Crippen molar-refractivity contribution in [2.75, 3.05) is 32.9 Å². The molecule has 1 aromatic carbocycles. The van der Waals surface area contributed by atoms with Crippen molar-refractivity contribution in [1.82, 2.24) is 20.8 Å². The molecule has 0 amide bonds. The van der Waals surface area contributed by atoms with E-state index in [2.05, 4.69) is 59.8 Å². The van der Waals surface area contributed by atoms with Gasteiger partial charge in [-0.15, -0.1) is 0 Å². The number of hydrogen-bond acceptors (Lipinski definition) is 4. The molecule has 0 saturated carbocycles. The molecule has 1 unspecified atom stereocenters. The average molecular weight is 414 g/mol. The Hall–Kier alpha value is -2.54. The maximum atomic E-state index is 6.15. The summed E-state index contributed by atoms with van der Waals surface area (Å²) in [5.74, 6) is 2.24. The molecule has 0 bridgehead atoms. The lowest BCUT2D eigenvalue weighted by Gasteiger charge is -2.15. The number of aromatic nitrogens is 2. The predicted molar refractivity (Wildman–Crippen MR) is 120 cm³/mol. The van der Waals surface area contributed by atoms with Crippen molar-refractivity contribution in [3.05, 3.63) is 46.8 Å². The van der Waals surface area contributed by atoms with Crippen LogP contribution in [0.2, 0.25) is 0 Å². The van der Waals surface area contributed by atoms with Crippen LogP contribution in [0.1, 0.15) is 42.1 Å². The smallest absolute Gasteiger partial charge is 0.191 e. The third kappa shape index (κ3) is 6.76. The maximum Gasteiger partial charge on any atom is 0.191 e. The topological polar surface area (TPSA) is 83.6 Å². The summed E-state index contributed by atoms with van der Waals surface area (Å²) < 4.78 is 11.6. The lowest BCUT2D eigenvalue weighted by Crippen LogP contribution is -2.37. The summed E-state index contributed by atoms with van der Waals surface area (Å²) in [5.41, 5.74) is 4.71. The van der Waals surface area contributed by atoms with Gasteiger partial charge in [-0.05, 0) is 57.2 Å². The van der Waals surface area contributed by atoms with E-state index >= 15 is 0 Å². The van der Waals surface area contributed by atoms with Crippen LogP contribution in [0.4, 0.5) is 0 Å². The Balaban J connectivity index is 1.54. The second kappa shape index (κ2) is 11.6. The number of aliphatic imine (C=N–C) groups is 1. The van der Waals surface area contributed by atoms with Gasteiger partial charge in [-0.3, -0.25) is 5.10 Å². The van der Waals surface area contributed by atoms with E-state index in [-0.39, 0.29) is 0 Å². The van der Waals surface area contributed by atoms with Crippen molar-refractivity contribution in [1.29, 1.82) is 0 Å². The van der Waals surface area contributed by atoms with Crippen LogP contribution in [-0.2, 0) is 17.7 Å². The third-order valence-corrected chi connectivity index (χ3v) is 5.32. The van der Waals surface area contributed by atoms with E-state index in [1.807, 2.05) is 6.20 Å². The first-order valence-electron chi connectivity index (χ1n) is 11.0. The molecular formula is C23H35N5O2. The number of nitrogens with zero attached hydrogens (tertiary/aromatic N) is 2. The molecule has 1 aliphatic heterocycles. The summed E-state index contributed by atoms with van der Waals surface area (Å²) in [6.45, 7) is 10.8. The molecule has 7 nitrogen and oxygen atoms in total. The first-order valence-corrected chi connectivity index (χ1v) is 11.0. The Labute approximate surface area is 179 Å². The monoisotopic (exact) mass is 413 g/mol. The van der Waals surface area contributed by atoms with Crippen LogP contribution in [0.3, 0.4) is 0 Å². The van der Waals surface area contributed by atoms with Gasteiger partial charge in [-0.1, -0.05) is 12.1 Å². The molecule has 0 spiro atoms. The van der Waals surface area contributed by atoms with Crippen molar-refractivity contribution in [3.63, 3.8) is 0 Å². The molecule has 1 saturated heterocycles. The molecule has 1 aliphatic rings. The molecule has 164 valence electrons. The summed E-state index contributed by atoms with van der Waals surface area (Å²) in [5, 5.41) is 13.8. The summed E-state index contributed by atoms with van der Waals surface area (Å²) in [6, 6.07) is 6.34. The van der Waals surface area contributed by atoms with E-state index in [0.717, 1.165) is 68.5 Å². The van der Waals surface area contributed by atoms with Gasteiger partial charge in [-0.25, -0.2) is 4.99 Å². The molecule has 1 aromatic heterocycles. The average Bonchev–Trinajstić information content (AvgIpc) is 3.40. The van der Waals surface area contributed by atoms with Gasteiger partial charge in [0.25, 0.3) is 0 Å². The predicted octanol–water partition coefficient (Wildman–Crippen LogP) is 3.13. The standard InChI is InChI=1S/C23H35N5O2/c1-4-24-23(25-10-5-6-20-14-27-28-18(20)3)26-13-21-8-7-17(2)12-22(21)30-16-19-9-11-29-15-19/h7-8,12,14,19H,4-6,9-11,13,15-16H2,1-3H3,(H,27,28)(H2,24,25,26). The summed E-state index contributed by atoms with van der Waals surface area (Å²) >= 11 is 0. The van der Waals surface area contributed by atoms with Gasteiger partial charge in [-0.2, -0.15) is 5.10 Å². The van der Waals surface area contributed by atoms with E-state index < -0.39 is 0 Å². The second-order valence-electron chi connectivity index (χ2n) is 7.90. The van der Waals surface area contributed by atoms with E-state index in [9.17, 15) is 0 Å². The first-order chi connectivity index (χ1) is 14.7. The highest BCUT2D eigenvalue weighted by molar-refractivity contribution is 5.79. The van der Waals surface area contributed by atoms with Gasteiger partial charge in [0.15, 0.2) is 5.96 Å². The molecule has 1 fully saturated rings. The van der Waals surface area contributed by atoms with Crippen molar-refractivity contribution in [2.45, 2.75) is 46.6 Å². The Morgan fingerprint density at radius 2 is 2.20 bits per heavy atom. The molecular weight excluding hydrogens is 378 g/mol. The van der Waals surface area contributed by atoms with Gasteiger partial charge in [0.1, 0.15) is 5.75 Å². The third-order valence-electron chi connectivity index (χ3n) is 5.32. The largest absolute Gasteiger partial charge is 0.493 e. The molecule has 7 heteroatoms. The van der Waals surface area contributed by atoms with Crippen LogP contribution in [0.5, 0.6) is 5.75 Å². The van der Waals surface area contributed by atoms with Crippen molar-refractivity contribution in [3.8, 4) is 5.75 Å². The van der Waals surface area contributed by atoms with Crippen LogP contribution in [0.15, 0.2) is 29.4 Å².